The zero-order chi connectivity index (χ0) is 22.9. The Balaban J connectivity index is 1.66. The summed E-state index contributed by atoms with van der Waals surface area (Å²) in [5.74, 6) is 0. The van der Waals surface area contributed by atoms with Crippen LogP contribution < -0.4 is 0 Å². The van der Waals surface area contributed by atoms with Gasteiger partial charge in [0.2, 0.25) is 0 Å². The van der Waals surface area contributed by atoms with E-state index in [4.69, 9.17) is 9.47 Å². The Bertz CT molecular complexity index is 766. The fourth-order valence-corrected chi connectivity index (χ4v) is 5.45. The summed E-state index contributed by atoms with van der Waals surface area (Å²) in [7, 11) is 4.49. The van der Waals surface area contributed by atoms with Crippen molar-refractivity contribution in [3.8, 4) is 0 Å². The number of hydrogen-bond acceptors (Lipinski definition) is 3. The van der Waals surface area contributed by atoms with Crippen LogP contribution in [0.2, 0.25) is 0 Å². The van der Waals surface area contributed by atoms with Crippen LogP contribution in [0.4, 0.5) is 0 Å². The average Bonchev–Trinajstić information content (AvgIpc) is 2.82. The highest BCUT2D eigenvalue weighted by molar-refractivity contribution is 5.25. The third-order valence-electron chi connectivity index (χ3n) is 7.60. The molecule has 0 bridgehead atoms. The first kappa shape index (κ1) is 25.0. The first-order chi connectivity index (χ1) is 15.5. The third-order valence-corrected chi connectivity index (χ3v) is 7.60. The number of ether oxygens (including phenoxy) is 2. The summed E-state index contributed by atoms with van der Waals surface area (Å²) in [4.78, 5) is 2.45. The lowest BCUT2D eigenvalue weighted by Gasteiger charge is -2.50. The van der Waals surface area contributed by atoms with Crippen LogP contribution in [0, 0.1) is 5.41 Å². The van der Waals surface area contributed by atoms with E-state index >= 15 is 0 Å². The third kappa shape index (κ3) is 6.43. The molecule has 3 nitrogen and oxygen atoms in total. The summed E-state index contributed by atoms with van der Waals surface area (Å²) >= 11 is 0. The van der Waals surface area contributed by atoms with Gasteiger partial charge < -0.3 is 9.47 Å². The van der Waals surface area contributed by atoms with Gasteiger partial charge >= 0.3 is 0 Å². The maximum absolute atomic E-state index is 6.24. The first-order valence-corrected chi connectivity index (χ1v) is 12.5. The Kier molecular flexibility index (Phi) is 9.34. The van der Waals surface area contributed by atoms with Gasteiger partial charge in [0.25, 0.3) is 0 Å². The lowest BCUT2D eigenvalue weighted by Crippen LogP contribution is -2.48. The minimum Gasteiger partial charge on any atom is -0.353 e. The molecule has 32 heavy (non-hydrogen) atoms. The predicted molar refractivity (Wildman–Crippen MR) is 134 cm³/mol. The van der Waals surface area contributed by atoms with Crippen molar-refractivity contribution in [2.75, 3.05) is 27.3 Å². The molecule has 0 aliphatic heterocycles. The Morgan fingerprint density at radius 3 is 2.06 bits per heavy atom. The molecule has 1 aliphatic rings. The van der Waals surface area contributed by atoms with E-state index in [2.05, 4.69) is 79.7 Å². The van der Waals surface area contributed by atoms with Crippen molar-refractivity contribution in [1.29, 1.82) is 0 Å². The van der Waals surface area contributed by atoms with Gasteiger partial charge in [0.1, 0.15) is 0 Å². The molecule has 3 rings (SSSR count). The molecule has 0 N–H and O–H groups in total. The molecular formula is C29H43NO2. The molecule has 0 radical (unpaired) electrons. The van der Waals surface area contributed by atoms with E-state index in [1.54, 1.807) is 0 Å². The zero-order valence-corrected chi connectivity index (χ0v) is 20.7. The van der Waals surface area contributed by atoms with E-state index in [9.17, 15) is 0 Å². The Labute approximate surface area is 196 Å². The van der Waals surface area contributed by atoms with Crippen molar-refractivity contribution in [3.05, 3.63) is 71.8 Å². The van der Waals surface area contributed by atoms with E-state index in [-0.39, 0.29) is 17.2 Å². The van der Waals surface area contributed by atoms with Gasteiger partial charge in [0.05, 0.1) is 6.61 Å². The van der Waals surface area contributed by atoms with Gasteiger partial charge in [-0.1, -0.05) is 67.1 Å². The van der Waals surface area contributed by atoms with Crippen LogP contribution in [0.1, 0.15) is 69.9 Å². The SMILES string of the molecule is CCOC(C)OCC1(CCCCc2ccccc2)CCC(c2ccccc2)(N(C)C)CC1. The molecule has 176 valence electrons. The second-order valence-electron chi connectivity index (χ2n) is 9.82. The number of unbranched alkanes of at least 4 members (excludes halogenated alkanes) is 1. The summed E-state index contributed by atoms with van der Waals surface area (Å²) in [6.07, 6.45) is 9.51. The van der Waals surface area contributed by atoms with E-state index in [1.165, 1.54) is 62.5 Å². The van der Waals surface area contributed by atoms with E-state index in [0.717, 1.165) is 6.61 Å². The van der Waals surface area contributed by atoms with Crippen LogP contribution in [-0.2, 0) is 21.4 Å². The fourth-order valence-electron chi connectivity index (χ4n) is 5.45. The molecule has 3 heteroatoms. The molecule has 1 atom stereocenters. The van der Waals surface area contributed by atoms with Crippen molar-refractivity contribution >= 4 is 0 Å². The minimum absolute atomic E-state index is 0.125. The van der Waals surface area contributed by atoms with Gasteiger partial charge in [-0.05, 0) is 89.4 Å². The predicted octanol–water partition coefficient (Wildman–Crippen LogP) is 6.82. The van der Waals surface area contributed by atoms with Crippen molar-refractivity contribution in [3.63, 3.8) is 0 Å². The topological polar surface area (TPSA) is 21.7 Å². The lowest BCUT2D eigenvalue weighted by molar-refractivity contribution is -0.157. The first-order valence-electron chi connectivity index (χ1n) is 12.5. The van der Waals surface area contributed by atoms with Crippen LogP contribution in [0.5, 0.6) is 0 Å². The van der Waals surface area contributed by atoms with Gasteiger partial charge in [0.15, 0.2) is 6.29 Å². The van der Waals surface area contributed by atoms with Crippen LogP contribution in [0.15, 0.2) is 60.7 Å². The fraction of sp³-hybridized carbons (Fsp3) is 0.586. The Morgan fingerprint density at radius 1 is 0.844 bits per heavy atom. The van der Waals surface area contributed by atoms with E-state index in [1.807, 2.05) is 13.8 Å². The maximum atomic E-state index is 6.24. The molecule has 0 aromatic heterocycles. The van der Waals surface area contributed by atoms with Crippen LogP contribution in [0.3, 0.4) is 0 Å². The molecule has 0 amide bonds. The summed E-state index contributed by atoms with van der Waals surface area (Å²) in [5.41, 5.74) is 3.27. The van der Waals surface area contributed by atoms with Gasteiger partial charge in [-0.15, -0.1) is 0 Å². The largest absolute Gasteiger partial charge is 0.353 e. The molecule has 2 aromatic carbocycles. The number of nitrogens with zero attached hydrogens (tertiary/aromatic N) is 1. The zero-order valence-electron chi connectivity index (χ0n) is 20.7. The summed E-state index contributed by atoms with van der Waals surface area (Å²) in [6.45, 7) is 5.56. The molecule has 1 fully saturated rings. The maximum Gasteiger partial charge on any atom is 0.154 e. The summed E-state index contributed by atoms with van der Waals surface area (Å²) in [5, 5.41) is 0. The lowest BCUT2D eigenvalue weighted by atomic mass is 9.63. The standard InChI is InChI=1S/C29H43NO2/c1-5-31-25(2)32-24-28(19-13-12-16-26-14-8-6-9-15-26)20-22-29(23-21-28,30(3)4)27-17-10-7-11-18-27/h6-11,14-15,17-18,25H,5,12-13,16,19-24H2,1-4H3. The highest BCUT2D eigenvalue weighted by Gasteiger charge is 2.45. The normalized spacial score (nSPS) is 24.5. The number of aryl methyl sites for hydroxylation is 1. The van der Waals surface area contributed by atoms with Gasteiger partial charge in [-0.3, -0.25) is 4.90 Å². The van der Waals surface area contributed by atoms with Crippen molar-refractivity contribution in [2.45, 2.75) is 77.0 Å². The number of rotatable bonds is 12. The number of benzene rings is 2. The molecular weight excluding hydrogens is 394 g/mol. The smallest absolute Gasteiger partial charge is 0.154 e. The molecule has 0 saturated heterocycles. The molecule has 0 spiro atoms. The van der Waals surface area contributed by atoms with Crippen LogP contribution >= 0.6 is 0 Å². The van der Waals surface area contributed by atoms with Gasteiger partial charge in [-0.25, -0.2) is 0 Å². The number of hydrogen-bond donors (Lipinski definition) is 0. The molecule has 2 aromatic rings. The molecule has 1 aliphatic carbocycles. The minimum atomic E-state index is -0.129. The highest BCUT2D eigenvalue weighted by atomic mass is 16.7. The summed E-state index contributed by atoms with van der Waals surface area (Å²) in [6, 6.07) is 22.0. The van der Waals surface area contributed by atoms with Crippen LogP contribution in [0.25, 0.3) is 0 Å². The van der Waals surface area contributed by atoms with Crippen molar-refractivity contribution < 1.29 is 9.47 Å². The van der Waals surface area contributed by atoms with Gasteiger partial charge in [0, 0.05) is 12.1 Å². The second-order valence-corrected chi connectivity index (χ2v) is 9.82. The second kappa shape index (κ2) is 12.0. The molecule has 1 unspecified atom stereocenters. The van der Waals surface area contributed by atoms with Crippen LogP contribution in [-0.4, -0.2) is 38.5 Å². The Morgan fingerprint density at radius 2 is 1.47 bits per heavy atom. The molecule has 1 saturated carbocycles. The van der Waals surface area contributed by atoms with Gasteiger partial charge in [-0.2, -0.15) is 0 Å². The Hall–Kier alpha value is -1.68. The quantitative estimate of drug-likeness (QED) is 0.269. The van der Waals surface area contributed by atoms with Crippen molar-refractivity contribution in [2.24, 2.45) is 5.41 Å². The highest BCUT2D eigenvalue weighted by Crippen LogP contribution is 2.50. The van der Waals surface area contributed by atoms with Crippen molar-refractivity contribution in [1.82, 2.24) is 4.90 Å². The van der Waals surface area contributed by atoms with E-state index in [0.29, 0.717) is 6.61 Å². The monoisotopic (exact) mass is 437 g/mol. The molecule has 0 heterocycles. The van der Waals surface area contributed by atoms with E-state index < -0.39 is 0 Å². The average molecular weight is 438 g/mol. The summed E-state index contributed by atoms with van der Waals surface area (Å²) < 4.78 is 11.9.